The molecule has 1 aromatic carbocycles. The van der Waals surface area contributed by atoms with Gasteiger partial charge in [0, 0.05) is 10.9 Å². The third kappa shape index (κ3) is 5.68. The maximum atomic E-state index is 13.3. The van der Waals surface area contributed by atoms with Crippen molar-refractivity contribution in [2.45, 2.75) is 46.5 Å². The zero-order valence-corrected chi connectivity index (χ0v) is 17.5. The Morgan fingerprint density at radius 1 is 1.17 bits per heavy atom. The molecule has 0 saturated heterocycles. The average Bonchev–Trinajstić information content (AvgIpc) is 2.51. The molecule has 0 aliphatic heterocycles. The van der Waals surface area contributed by atoms with Crippen LogP contribution in [0.1, 0.15) is 32.4 Å². The zero-order valence-electron chi connectivity index (χ0n) is 15.7. The summed E-state index contributed by atoms with van der Waals surface area (Å²) >= 11 is 0. The van der Waals surface area contributed by atoms with Gasteiger partial charge in [-0.2, -0.15) is 0 Å². The molecule has 0 unspecified atom stereocenters. The fourth-order valence-corrected chi connectivity index (χ4v) is 8.45. The van der Waals surface area contributed by atoms with Crippen molar-refractivity contribution in [3.8, 4) is 0 Å². The number of hydrogen-bond donors (Lipinski definition) is 1. The summed E-state index contributed by atoms with van der Waals surface area (Å²) < 4.78 is 24.4. The summed E-state index contributed by atoms with van der Waals surface area (Å²) in [7, 11) is -5.29. The molecule has 6 heteroatoms. The molecular weight excluding hydrogens is 339 g/mol. The molecule has 1 N–H and O–H groups in total. The number of rotatable bonds is 9. The number of aliphatic hydroxyl groups is 1. The SMILES string of the molecule is CCOP(=O)(OCC)/C(=C\[C@H](C)[C@@H](O)c1ccccc1)[Si](C)(C)C. The molecule has 0 bridgehead atoms. The van der Waals surface area contributed by atoms with Gasteiger partial charge in [0.2, 0.25) is 0 Å². The van der Waals surface area contributed by atoms with E-state index in [0.717, 1.165) is 10.5 Å². The fraction of sp³-hybridized carbons (Fsp3) is 0.556. The molecule has 0 amide bonds. The van der Waals surface area contributed by atoms with Gasteiger partial charge in [0.1, 0.15) is 0 Å². The molecule has 0 saturated carbocycles. The first-order valence-electron chi connectivity index (χ1n) is 8.50. The Morgan fingerprint density at radius 2 is 1.67 bits per heavy atom. The summed E-state index contributed by atoms with van der Waals surface area (Å²) in [5.41, 5.74) is 0.846. The van der Waals surface area contributed by atoms with E-state index in [0.29, 0.717) is 13.2 Å². The monoisotopic (exact) mass is 370 g/mol. The van der Waals surface area contributed by atoms with Crippen LogP contribution in [0.5, 0.6) is 0 Å². The van der Waals surface area contributed by atoms with Crippen LogP contribution in [0.2, 0.25) is 19.6 Å². The number of benzene rings is 1. The highest BCUT2D eigenvalue weighted by molar-refractivity contribution is 7.62. The first kappa shape index (κ1) is 21.3. The largest absolute Gasteiger partial charge is 0.388 e. The average molecular weight is 371 g/mol. The van der Waals surface area contributed by atoms with Gasteiger partial charge in [0.05, 0.1) is 27.4 Å². The molecular formula is C18H31O4PSi. The smallest absolute Gasteiger partial charge is 0.353 e. The van der Waals surface area contributed by atoms with Crippen molar-refractivity contribution >= 4 is 15.7 Å². The van der Waals surface area contributed by atoms with Crippen molar-refractivity contribution in [2.75, 3.05) is 13.2 Å². The van der Waals surface area contributed by atoms with Gasteiger partial charge in [-0.3, -0.25) is 4.57 Å². The highest BCUT2D eigenvalue weighted by Crippen LogP contribution is 2.59. The molecule has 4 nitrogen and oxygen atoms in total. The van der Waals surface area contributed by atoms with Gasteiger partial charge in [-0.1, -0.05) is 63.0 Å². The van der Waals surface area contributed by atoms with E-state index in [9.17, 15) is 9.67 Å². The second-order valence-electron chi connectivity index (χ2n) is 6.85. The van der Waals surface area contributed by atoms with Crippen LogP contribution < -0.4 is 0 Å². The molecule has 1 rings (SSSR count). The minimum atomic E-state index is -3.32. The Hall–Kier alpha value is -0.713. The quantitative estimate of drug-likeness (QED) is 0.468. The van der Waals surface area contributed by atoms with E-state index >= 15 is 0 Å². The Labute approximate surface area is 147 Å². The molecule has 0 spiro atoms. The van der Waals surface area contributed by atoms with Crippen LogP contribution in [0.15, 0.2) is 41.3 Å². The summed E-state index contributed by atoms with van der Waals surface area (Å²) in [5.74, 6) is -0.191. The van der Waals surface area contributed by atoms with Gasteiger partial charge in [0.15, 0.2) is 0 Å². The van der Waals surface area contributed by atoms with Gasteiger partial charge in [-0.05, 0) is 19.4 Å². The van der Waals surface area contributed by atoms with E-state index in [1.165, 1.54) is 0 Å². The minimum absolute atomic E-state index is 0.191. The van der Waals surface area contributed by atoms with Crippen LogP contribution >= 0.6 is 7.60 Å². The standard InChI is InChI=1S/C18H31O4PSi/c1-7-21-23(20,22-8-2)17(24(4,5)6)14-15(3)18(19)16-12-10-9-11-13-16/h9-15,18-19H,7-8H2,1-6H3/b17-14+/t15-,18+/m0/s1. The lowest BCUT2D eigenvalue weighted by Gasteiger charge is -2.30. The van der Waals surface area contributed by atoms with E-state index in [4.69, 9.17) is 9.05 Å². The normalized spacial score (nSPS) is 16.0. The lowest BCUT2D eigenvalue weighted by atomic mass is 9.98. The van der Waals surface area contributed by atoms with Gasteiger partial charge in [-0.25, -0.2) is 0 Å². The predicted octanol–water partition coefficient (Wildman–Crippen LogP) is 5.38. The van der Waals surface area contributed by atoms with Gasteiger partial charge in [-0.15, -0.1) is 0 Å². The Kier molecular flexibility index (Phi) is 8.10. The predicted molar refractivity (Wildman–Crippen MR) is 103 cm³/mol. The minimum Gasteiger partial charge on any atom is -0.388 e. The summed E-state index contributed by atoms with van der Waals surface area (Å²) in [6.07, 6.45) is 1.25. The van der Waals surface area contributed by atoms with Crippen molar-refractivity contribution in [2.24, 2.45) is 5.92 Å². The van der Waals surface area contributed by atoms with Crippen molar-refractivity contribution in [1.82, 2.24) is 0 Å². The molecule has 0 fully saturated rings. The molecule has 0 aliphatic carbocycles. The summed E-state index contributed by atoms with van der Waals surface area (Å²) in [6, 6.07) is 9.52. The van der Waals surface area contributed by atoms with Crippen molar-refractivity contribution < 1.29 is 18.7 Å². The topological polar surface area (TPSA) is 55.8 Å². The van der Waals surface area contributed by atoms with Crippen LogP contribution in [0.25, 0.3) is 0 Å². The highest BCUT2D eigenvalue weighted by Gasteiger charge is 2.39. The van der Waals surface area contributed by atoms with Gasteiger partial charge >= 0.3 is 7.60 Å². The molecule has 0 aliphatic rings. The van der Waals surface area contributed by atoms with Crippen molar-refractivity contribution in [3.63, 3.8) is 0 Å². The van der Waals surface area contributed by atoms with Gasteiger partial charge < -0.3 is 14.2 Å². The molecule has 1 aromatic rings. The first-order chi connectivity index (χ1) is 11.2. The molecule has 0 aromatic heterocycles. The molecule has 2 atom stereocenters. The Balaban J connectivity index is 3.24. The maximum Gasteiger partial charge on any atom is 0.353 e. The van der Waals surface area contributed by atoms with Crippen LogP contribution in [0, 0.1) is 5.92 Å². The second-order valence-corrected chi connectivity index (χ2v) is 14.3. The van der Waals surface area contributed by atoms with Gasteiger partial charge in [0.25, 0.3) is 0 Å². The van der Waals surface area contributed by atoms with Crippen molar-refractivity contribution in [1.29, 1.82) is 0 Å². The van der Waals surface area contributed by atoms with E-state index in [2.05, 4.69) is 19.6 Å². The van der Waals surface area contributed by atoms with E-state index in [1.54, 1.807) is 0 Å². The lowest BCUT2D eigenvalue weighted by molar-refractivity contribution is 0.139. The second kappa shape index (κ2) is 9.11. The number of aliphatic hydroxyl groups excluding tert-OH is 1. The molecule has 0 heterocycles. The summed E-state index contributed by atoms with van der Waals surface area (Å²) in [5, 5.41) is 10.6. The van der Waals surface area contributed by atoms with E-state index in [-0.39, 0.29) is 5.92 Å². The van der Waals surface area contributed by atoms with Crippen molar-refractivity contribution in [3.05, 3.63) is 46.9 Å². The summed E-state index contributed by atoms with van der Waals surface area (Å²) in [4.78, 5) is 0.751. The molecule has 136 valence electrons. The fourth-order valence-electron chi connectivity index (χ4n) is 2.56. The maximum absolute atomic E-state index is 13.3. The van der Waals surface area contributed by atoms with E-state index < -0.39 is 21.8 Å². The zero-order chi connectivity index (χ0) is 18.4. The van der Waals surface area contributed by atoms with Crippen LogP contribution in [0.3, 0.4) is 0 Å². The Morgan fingerprint density at radius 3 is 2.08 bits per heavy atom. The van der Waals surface area contributed by atoms with Crippen LogP contribution in [-0.2, 0) is 13.6 Å². The van der Waals surface area contributed by atoms with Crippen LogP contribution in [-0.4, -0.2) is 26.4 Å². The third-order valence-corrected chi connectivity index (χ3v) is 10.2. The Bertz CT molecular complexity index is 570. The lowest BCUT2D eigenvalue weighted by Crippen LogP contribution is -2.26. The summed E-state index contributed by atoms with van der Waals surface area (Å²) in [6.45, 7) is 12.6. The third-order valence-electron chi connectivity index (χ3n) is 3.72. The van der Waals surface area contributed by atoms with Crippen LogP contribution in [0.4, 0.5) is 0 Å². The van der Waals surface area contributed by atoms with E-state index in [1.807, 2.05) is 57.2 Å². The first-order valence-corrected chi connectivity index (χ1v) is 13.5. The number of hydrogen-bond acceptors (Lipinski definition) is 4. The highest BCUT2D eigenvalue weighted by atomic mass is 31.2. The molecule has 0 radical (unpaired) electrons. The molecule has 24 heavy (non-hydrogen) atoms.